The summed E-state index contributed by atoms with van der Waals surface area (Å²) >= 11 is 0. The van der Waals surface area contributed by atoms with E-state index in [1.165, 1.54) is 0 Å². The Balaban J connectivity index is 1.21. The molecule has 0 aromatic carbocycles. The van der Waals surface area contributed by atoms with E-state index in [0.717, 1.165) is 44.2 Å². The fourth-order valence-corrected chi connectivity index (χ4v) is 3.98. The molecule has 4 rings (SSSR count). The van der Waals surface area contributed by atoms with Crippen LogP contribution in [0.3, 0.4) is 0 Å². The van der Waals surface area contributed by atoms with E-state index in [0.29, 0.717) is 50.2 Å². The van der Waals surface area contributed by atoms with Crippen LogP contribution in [0.15, 0.2) is 15.0 Å². The van der Waals surface area contributed by atoms with E-state index in [2.05, 4.69) is 26.0 Å². The van der Waals surface area contributed by atoms with Gasteiger partial charge in [0.15, 0.2) is 5.89 Å². The number of hydrogen-bond acceptors (Lipinski definition) is 9. The normalized spacial score (nSPS) is 18.6. The maximum absolute atomic E-state index is 12.8. The first-order chi connectivity index (χ1) is 14.5. The van der Waals surface area contributed by atoms with Crippen molar-refractivity contribution in [2.45, 2.75) is 20.4 Å². The predicted octanol–water partition coefficient (Wildman–Crippen LogP) is 0.618. The van der Waals surface area contributed by atoms with Crippen molar-refractivity contribution in [2.75, 3.05) is 63.8 Å². The first-order valence-corrected chi connectivity index (χ1v) is 10.3. The number of carbonyl (C=O) groups is 1. The fraction of sp³-hybridized carbons (Fsp3) is 0.600. The lowest BCUT2D eigenvalue weighted by atomic mass is 10.2. The van der Waals surface area contributed by atoms with Gasteiger partial charge in [0, 0.05) is 71.9 Å². The molecule has 2 saturated heterocycles. The Morgan fingerprint density at radius 2 is 1.80 bits per heavy atom. The summed E-state index contributed by atoms with van der Waals surface area (Å²) in [6, 6.07) is 4.04. The van der Waals surface area contributed by atoms with Crippen LogP contribution in [0.2, 0.25) is 0 Å². The average molecular weight is 413 g/mol. The van der Waals surface area contributed by atoms with Crippen LogP contribution in [0, 0.1) is 25.2 Å². The Bertz CT molecular complexity index is 915. The summed E-state index contributed by atoms with van der Waals surface area (Å²) < 4.78 is 10.7. The molecule has 10 nitrogen and oxygen atoms in total. The maximum Gasteiger partial charge on any atom is 0.236 e. The van der Waals surface area contributed by atoms with Gasteiger partial charge >= 0.3 is 0 Å². The van der Waals surface area contributed by atoms with Gasteiger partial charge in [-0.3, -0.25) is 14.6 Å². The van der Waals surface area contributed by atoms with Crippen LogP contribution in [0.25, 0.3) is 0 Å². The third-order valence-electron chi connectivity index (χ3n) is 5.63. The minimum Gasteiger partial charge on any atom is -0.424 e. The van der Waals surface area contributed by atoms with Gasteiger partial charge in [0.05, 0.1) is 12.2 Å². The standard InChI is InChI=1S/C20H27N7O3/c1-15-11-17(23-30-15)13-24-3-5-25(6-4-24)14-19(28)26-7-9-27(10-8-26)20-18(12-21)22-16(2)29-20/h11H,3-10,13-14H2,1-2H3. The van der Waals surface area contributed by atoms with E-state index < -0.39 is 0 Å². The summed E-state index contributed by atoms with van der Waals surface area (Å²) in [5, 5.41) is 13.3. The molecule has 160 valence electrons. The number of hydrogen-bond donors (Lipinski definition) is 0. The van der Waals surface area contributed by atoms with E-state index in [4.69, 9.17) is 8.94 Å². The predicted molar refractivity (Wildman–Crippen MR) is 108 cm³/mol. The van der Waals surface area contributed by atoms with Crippen molar-refractivity contribution in [3.63, 3.8) is 0 Å². The molecular weight excluding hydrogens is 386 g/mol. The van der Waals surface area contributed by atoms with Crippen LogP contribution in [-0.2, 0) is 11.3 Å². The van der Waals surface area contributed by atoms with Crippen molar-refractivity contribution >= 4 is 11.8 Å². The highest BCUT2D eigenvalue weighted by molar-refractivity contribution is 5.78. The lowest BCUT2D eigenvalue weighted by Crippen LogP contribution is -2.53. The highest BCUT2D eigenvalue weighted by Gasteiger charge is 2.27. The highest BCUT2D eigenvalue weighted by Crippen LogP contribution is 2.22. The van der Waals surface area contributed by atoms with Crippen LogP contribution in [0.5, 0.6) is 0 Å². The Kier molecular flexibility index (Phi) is 6.01. The van der Waals surface area contributed by atoms with Crippen LogP contribution in [-0.4, -0.2) is 89.7 Å². The van der Waals surface area contributed by atoms with E-state index in [1.807, 2.05) is 22.8 Å². The molecule has 2 aromatic rings. The molecule has 0 saturated carbocycles. The van der Waals surface area contributed by atoms with Crippen LogP contribution >= 0.6 is 0 Å². The number of aryl methyl sites for hydroxylation is 2. The lowest BCUT2D eigenvalue weighted by Gasteiger charge is -2.37. The van der Waals surface area contributed by atoms with Crippen molar-refractivity contribution in [3.8, 4) is 6.07 Å². The van der Waals surface area contributed by atoms with Gasteiger partial charge in [0.2, 0.25) is 17.5 Å². The van der Waals surface area contributed by atoms with Gasteiger partial charge in [0.1, 0.15) is 11.8 Å². The maximum atomic E-state index is 12.8. The molecule has 30 heavy (non-hydrogen) atoms. The molecule has 0 spiro atoms. The minimum atomic E-state index is 0.157. The van der Waals surface area contributed by atoms with Gasteiger partial charge in [-0.2, -0.15) is 5.26 Å². The molecule has 0 N–H and O–H groups in total. The first kappa shape index (κ1) is 20.4. The number of aromatic nitrogens is 2. The zero-order valence-electron chi connectivity index (χ0n) is 17.5. The molecule has 0 aliphatic carbocycles. The smallest absolute Gasteiger partial charge is 0.236 e. The minimum absolute atomic E-state index is 0.157. The third kappa shape index (κ3) is 4.63. The summed E-state index contributed by atoms with van der Waals surface area (Å²) in [5.74, 6) is 1.99. The zero-order valence-corrected chi connectivity index (χ0v) is 17.5. The van der Waals surface area contributed by atoms with E-state index in [-0.39, 0.29) is 5.91 Å². The number of rotatable bonds is 5. The zero-order chi connectivity index (χ0) is 21.1. The second-order valence-corrected chi connectivity index (χ2v) is 7.85. The summed E-state index contributed by atoms with van der Waals surface area (Å²) in [6.07, 6.45) is 0. The molecule has 2 fully saturated rings. The first-order valence-electron chi connectivity index (χ1n) is 10.3. The van der Waals surface area contributed by atoms with Gasteiger partial charge in [0.25, 0.3) is 0 Å². The molecule has 4 heterocycles. The highest BCUT2D eigenvalue weighted by atomic mass is 16.5. The summed E-state index contributed by atoms with van der Waals surface area (Å²) in [5.41, 5.74) is 1.27. The van der Waals surface area contributed by atoms with Crippen LogP contribution in [0.4, 0.5) is 5.88 Å². The lowest BCUT2D eigenvalue weighted by molar-refractivity contribution is -0.133. The Labute approximate surface area is 175 Å². The number of carbonyl (C=O) groups excluding carboxylic acids is 1. The molecule has 0 radical (unpaired) electrons. The Hall–Kier alpha value is -2.90. The monoisotopic (exact) mass is 413 g/mol. The molecule has 2 aliphatic rings. The average Bonchev–Trinajstić information content (AvgIpc) is 3.34. The van der Waals surface area contributed by atoms with Gasteiger partial charge in [-0.05, 0) is 6.92 Å². The van der Waals surface area contributed by atoms with Gasteiger partial charge in [-0.15, -0.1) is 0 Å². The topological polar surface area (TPSA) is 106 Å². The third-order valence-corrected chi connectivity index (χ3v) is 5.63. The van der Waals surface area contributed by atoms with Gasteiger partial charge in [-0.25, -0.2) is 4.98 Å². The Morgan fingerprint density at radius 1 is 1.10 bits per heavy atom. The fourth-order valence-electron chi connectivity index (χ4n) is 3.98. The number of piperazine rings is 2. The van der Waals surface area contributed by atoms with E-state index in [9.17, 15) is 10.1 Å². The molecule has 0 atom stereocenters. The molecule has 1 amide bonds. The molecule has 2 aliphatic heterocycles. The van der Waals surface area contributed by atoms with Crippen molar-refractivity contribution in [1.29, 1.82) is 5.26 Å². The number of oxazole rings is 1. The van der Waals surface area contributed by atoms with Gasteiger partial charge in [-0.1, -0.05) is 5.16 Å². The van der Waals surface area contributed by atoms with Crippen LogP contribution < -0.4 is 4.90 Å². The molecule has 0 bridgehead atoms. The number of nitriles is 1. The molecule has 0 unspecified atom stereocenters. The van der Waals surface area contributed by atoms with Crippen LogP contribution in [0.1, 0.15) is 23.0 Å². The SMILES string of the molecule is Cc1cc(CN2CCN(CC(=O)N3CCN(c4oc(C)nc4C#N)CC3)CC2)no1. The number of anilines is 1. The largest absolute Gasteiger partial charge is 0.424 e. The molecular formula is C20H27N7O3. The van der Waals surface area contributed by atoms with Crippen molar-refractivity contribution in [1.82, 2.24) is 24.8 Å². The summed E-state index contributed by atoms with van der Waals surface area (Å²) in [6.45, 7) is 10.9. The summed E-state index contributed by atoms with van der Waals surface area (Å²) in [7, 11) is 0. The van der Waals surface area contributed by atoms with E-state index >= 15 is 0 Å². The quantitative estimate of drug-likeness (QED) is 0.697. The molecule has 2 aromatic heterocycles. The van der Waals surface area contributed by atoms with E-state index in [1.54, 1.807) is 6.92 Å². The Morgan fingerprint density at radius 3 is 2.43 bits per heavy atom. The van der Waals surface area contributed by atoms with Gasteiger partial charge < -0.3 is 18.7 Å². The summed E-state index contributed by atoms with van der Waals surface area (Å²) in [4.78, 5) is 25.3. The molecule has 10 heteroatoms. The van der Waals surface area contributed by atoms with Crippen molar-refractivity contribution < 1.29 is 13.7 Å². The van der Waals surface area contributed by atoms with Crippen molar-refractivity contribution in [2.24, 2.45) is 0 Å². The number of nitrogens with zero attached hydrogens (tertiary/aromatic N) is 7. The number of amides is 1. The second-order valence-electron chi connectivity index (χ2n) is 7.85. The van der Waals surface area contributed by atoms with Crippen molar-refractivity contribution in [3.05, 3.63) is 29.1 Å². The second kappa shape index (κ2) is 8.85.